The van der Waals surface area contributed by atoms with E-state index in [1.807, 2.05) is 12.1 Å². The van der Waals surface area contributed by atoms with Gasteiger partial charge in [0.25, 0.3) is 5.91 Å². The third kappa shape index (κ3) is 4.50. The predicted molar refractivity (Wildman–Crippen MR) is 103 cm³/mol. The van der Waals surface area contributed by atoms with Crippen molar-refractivity contribution in [1.29, 1.82) is 0 Å². The van der Waals surface area contributed by atoms with E-state index < -0.39 is 6.10 Å². The largest absolute Gasteiger partial charge is 0.459 e. The fourth-order valence-electron chi connectivity index (χ4n) is 3.34. The van der Waals surface area contributed by atoms with Crippen molar-refractivity contribution in [2.24, 2.45) is 5.92 Å². The van der Waals surface area contributed by atoms with E-state index in [0.29, 0.717) is 37.3 Å². The molecular formula is C22H25NO5. The number of carbonyl (C=O) groups is 3. The monoisotopic (exact) mass is 383 g/mol. The lowest BCUT2D eigenvalue weighted by molar-refractivity contribution is -0.152. The zero-order valence-electron chi connectivity index (χ0n) is 16.2. The highest BCUT2D eigenvalue weighted by Crippen LogP contribution is 2.21. The van der Waals surface area contributed by atoms with Crippen LogP contribution in [0.1, 0.15) is 53.2 Å². The molecule has 0 aliphatic carbocycles. The molecule has 148 valence electrons. The molecule has 0 saturated carbocycles. The molecule has 3 rings (SSSR count). The fraction of sp³-hybridized carbons (Fsp3) is 0.409. The minimum Gasteiger partial charge on any atom is -0.459 e. The van der Waals surface area contributed by atoms with Gasteiger partial charge in [0.15, 0.2) is 11.9 Å². The zero-order valence-corrected chi connectivity index (χ0v) is 16.2. The number of aryl methyl sites for hydroxylation is 1. The third-order valence-corrected chi connectivity index (χ3v) is 5.16. The molecule has 28 heavy (non-hydrogen) atoms. The third-order valence-electron chi connectivity index (χ3n) is 5.16. The Bertz CT molecular complexity index is 817. The second-order valence-corrected chi connectivity index (χ2v) is 7.04. The molecule has 0 bridgehead atoms. The van der Waals surface area contributed by atoms with Crippen LogP contribution >= 0.6 is 0 Å². The van der Waals surface area contributed by atoms with Crippen molar-refractivity contribution in [1.82, 2.24) is 4.90 Å². The minimum atomic E-state index is -0.831. The van der Waals surface area contributed by atoms with Gasteiger partial charge in [0.2, 0.25) is 5.78 Å². The van der Waals surface area contributed by atoms with Crippen LogP contribution in [0.25, 0.3) is 0 Å². The number of rotatable bonds is 6. The molecule has 2 heterocycles. The highest BCUT2D eigenvalue weighted by Gasteiger charge is 2.31. The summed E-state index contributed by atoms with van der Waals surface area (Å²) in [6, 6.07) is 10.7. The average Bonchev–Trinajstić information content (AvgIpc) is 3.27. The van der Waals surface area contributed by atoms with Crippen molar-refractivity contribution in [2.45, 2.75) is 39.2 Å². The first-order valence-electron chi connectivity index (χ1n) is 9.66. The number of ether oxygens (including phenoxy) is 1. The van der Waals surface area contributed by atoms with E-state index in [1.165, 1.54) is 6.26 Å². The number of amides is 1. The fourth-order valence-corrected chi connectivity index (χ4v) is 3.34. The number of Topliss-reactive ketones (excluding diaryl/α,β-unsaturated/α-hetero) is 1. The zero-order chi connectivity index (χ0) is 20.1. The number of ketones is 1. The lowest BCUT2D eigenvalue weighted by Gasteiger charge is -2.30. The summed E-state index contributed by atoms with van der Waals surface area (Å²) < 4.78 is 10.6. The van der Waals surface area contributed by atoms with Crippen LogP contribution in [-0.4, -0.2) is 41.8 Å². The van der Waals surface area contributed by atoms with Gasteiger partial charge in [-0.05, 0) is 43.9 Å². The van der Waals surface area contributed by atoms with Gasteiger partial charge in [-0.15, -0.1) is 0 Å². The Morgan fingerprint density at radius 3 is 2.39 bits per heavy atom. The maximum atomic E-state index is 12.5. The molecule has 1 amide bonds. The van der Waals surface area contributed by atoms with Gasteiger partial charge in [0, 0.05) is 18.7 Å². The molecule has 1 fully saturated rings. The Morgan fingerprint density at radius 2 is 1.82 bits per heavy atom. The van der Waals surface area contributed by atoms with E-state index >= 15 is 0 Å². The molecule has 0 radical (unpaired) electrons. The Labute approximate surface area is 164 Å². The topological polar surface area (TPSA) is 76.8 Å². The molecule has 0 N–H and O–H groups in total. The first-order valence-corrected chi connectivity index (χ1v) is 9.66. The summed E-state index contributed by atoms with van der Waals surface area (Å²) in [7, 11) is 0. The first-order chi connectivity index (χ1) is 13.5. The number of likely N-dealkylation sites (tertiary alicyclic amines) is 1. The van der Waals surface area contributed by atoms with Crippen LogP contribution in [0.15, 0.2) is 47.1 Å². The molecule has 1 aliphatic rings. The number of furan rings is 1. The first kappa shape index (κ1) is 19.9. The normalized spacial score (nSPS) is 15.9. The van der Waals surface area contributed by atoms with Gasteiger partial charge in [-0.3, -0.25) is 14.4 Å². The summed E-state index contributed by atoms with van der Waals surface area (Å²) in [5, 5.41) is 0. The quantitative estimate of drug-likeness (QED) is 0.564. The van der Waals surface area contributed by atoms with E-state index in [1.54, 1.807) is 36.1 Å². The number of benzene rings is 1. The summed E-state index contributed by atoms with van der Waals surface area (Å²) in [6.07, 6.45) is 2.56. The molecule has 1 aliphatic heterocycles. The maximum Gasteiger partial charge on any atom is 0.309 e. The number of hydrogen-bond donors (Lipinski definition) is 0. The van der Waals surface area contributed by atoms with Crippen LogP contribution in [0.5, 0.6) is 0 Å². The summed E-state index contributed by atoms with van der Waals surface area (Å²) in [5.74, 6) is -0.763. The van der Waals surface area contributed by atoms with Crippen molar-refractivity contribution in [3.05, 3.63) is 59.5 Å². The molecule has 6 heteroatoms. The molecular weight excluding hydrogens is 358 g/mol. The van der Waals surface area contributed by atoms with Gasteiger partial charge >= 0.3 is 5.97 Å². The van der Waals surface area contributed by atoms with Crippen LogP contribution < -0.4 is 0 Å². The highest BCUT2D eigenvalue weighted by molar-refractivity contribution is 6.00. The van der Waals surface area contributed by atoms with Gasteiger partial charge in [-0.25, -0.2) is 0 Å². The van der Waals surface area contributed by atoms with Crippen LogP contribution in [0.2, 0.25) is 0 Å². The van der Waals surface area contributed by atoms with Crippen LogP contribution in [0.4, 0.5) is 0 Å². The molecule has 2 aromatic rings. The maximum absolute atomic E-state index is 12.5. The van der Waals surface area contributed by atoms with Crippen molar-refractivity contribution < 1.29 is 23.5 Å². The van der Waals surface area contributed by atoms with Gasteiger partial charge in [0.1, 0.15) is 0 Å². The SMILES string of the molecule is CCc1ccc(C(=O)C(C)OC(=O)C2CCN(C(=O)c3ccco3)CC2)cc1. The average molecular weight is 383 g/mol. The molecule has 1 unspecified atom stereocenters. The van der Waals surface area contributed by atoms with E-state index in [4.69, 9.17) is 9.15 Å². The van der Waals surface area contributed by atoms with Crippen molar-refractivity contribution >= 4 is 17.7 Å². The standard InChI is InChI=1S/C22H25NO5/c1-3-16-6-8-17(9-7-16)20(24)15(2)28-22(26)18-10-12-23(13-11-18)21(25)19-5-4-14-27-19/h4-9,14-15,18H,3,10-13H2,1-2H3. The Morgan fingerprint density at radius 1 is 1.14 bits per heavy atom. The van der Waals surface area contributed by atoms with Gasteiger partial charge in [-0.1, -0.05) is 31.2 Å². The second-order valence-electron chi connectivity index (χ2n) is 7.04. The minimum absolute atomic E-state index is 0.170. The van der Waals surface area contributed by atoms with E-state index in [0.717, 1.165) is 12.0 Å². The van der Waals surface area contributed by atoms with Crippen LogP contribution in [-0.2, 0) is 16.0 Å². The molecule has 1 aromatic heterocycles. The van der Waals surface area contributed by atoms with E-state index in [2.05, 4.69) is 6.92 Å². The lowest BCUT2D eigenvalue weighted by Crippen LogP contribution is -2.41. The van der Waals surface area contributed by atoms with Crippen LogP contribution in [0.3, 0.4) is 0 Å². The molecule has 1 atom stereocenters. The smallest absolute Gasteiger partial charge is 0.309 e. The summed E-state index contributed by atoms with van der Waals surface area (Å²) in [6.45, 7) is 4.57. The van der Waals surface area contributed by atoms with E-state index in [-0.39, 0.29) is 23.6 Å². The summed E-state index contributed by atoms with van der Waals surface area (Å²) >= 11 is 0. The molecule has 1 aromatic carbocycles. The molecule has 1 saturated heterocycles. The van der Waals surface area contributed by atoms with Gasteiger partial charge in [0.05, 0.1) is 12.2 Å². The Balaban J connectivity index is 1.50. The number of hydrogen-bond acceptors (Lipinski definition) is 5. The Kier molecular flexibility index (Phi) is 6.29. The molecule has 0 spiro atoms. The van der Waals surface area contributed by atoms with Gasteiger partial charge in [-0.2, -0.15) is 0 Å². The number of nitrogens with zero attached hydrogens (tertiary/aromatic N) is 1. The molecule has 6 nitrogen and oxygen atoms in total. The number of piperidine rings is 1. The second kappa shape index (κ2) is 8.87. The van der Waals surface area contributed by atoms with Crippen LogP contribution in [0, 0.1) is 5.92 Å². The lowest BCUT2D eigenvalue weighted by atomic mass is 9.96. The van der Waals surface area contributed by atoms with Crippen molar-refractivity contribution in [2.75, 3.05) is 13.1 Å². The van der Waals surface area contributed by atoms with E-state index in [9.17, 15) is 14.4 Å². The highest BCUT2D eigenvalue weighted by atomic mass is 16.5. The van der Waals surface area contributed by atoms with Gasteiger partial charge < -0.3 is 14.1 Å². The van der Waals surface area contributed by atoms with Crippen molar-refractivity contribution in [3.8, 4) is 0 Å². The summed E-state index contributed by atoms with van der Waals surface area (Å²) in [5.41, 5.74) is 1.69. The Hall–Kier alpha value is -2.89. The van der Waals surface area contributed by atoms with Crippen molar-refractivity contribution in [3.63, 3.8) is 0 Å². The predicted octanol–water partition coefficient (Wildman–Crippen LogP) is 3.51. The summed E-state index contributed by atoms with van der Waals surface area (Å²) in [4.78, 5) is 38.9. The number of carbonyl (C=O) groups excluding carboxylic acids is 3. The number of esters is 1.